The summed E-state index contributed by atoms with van der Waals surface area (Å²) in [7, 11) is 1.89. The zero-order chi connectivity index (χ0) is 17.4. The number of oxazole rings is 1. The van der Waals surface area contributed by atoms with Gasteiger partial charge in [0.2, 0.25) is 5.76 Å². The lowest BCUT2D eigenvalue weighted by atomic mass is 9.99. The Morgan fingerprint density at radius 3 is 2.71 bits per heavy atom. The molecule has 0 radical (unpaired) electrons. The van der Waals surface area contributed by atoms with Crippen molar-refractivity contribution in [2.45, 2.75) is 32.4 Å². The van der Waals surface area contributed by atoms with E-state index in [2.05, 4.69) is 10.3 Å². The fourth-order valence-electron chi connectivity index (χ4n) is 3.26. The molecule has 7 heteroatoms. The van der Waals surface area contributed by atoms with E-state index in [0.717, 1.165) is 12.6 Å². The van der Waals surface area contributed by atoms with Gasteiger partial charge in [-0.1, -0.05) is 6.07 Å². The average molecular weight is 335 g/mol. The van der Waals surface area contributed by atoms with Gasteiger partial charge in [-0.05, 0) is 38.1 Å². The number of carbonyl (C=O) groups is 1. The molecule has 2 aromatic rings. The van der Waals surface area contributed by atoms with Gasteiger partial charge in [0.05, 0.1) is 17.8 Å². The Bertz CT molecular complexity index is 775. The molecule has 0 unspecified atom stereocenters. The summed E-state index contributed by atoms with van der Waals surface area (Å²) in [5.41, 5.74) is 1.16. The van der Waals surface area contributed by atoms with Gasteiger partial charge >= 0.3 is 0 Å². The van der Waals surface area contributed by atoms with Gasteiger partial charge in [-0.15, -0.1) is 0 Å². The maximum absolute atomic E-state index is 13.6. The number of halogens is 2. The Labute approximate surface area is 138 Å². The first-order valence-electron chi connectivity index (χ1n) is 7.77. The molecule has 1 amide bonds. The van der Waals surface area contributed by atoms with Crippen LogP contribution in [-0.2, 0) is 0 Å². The number of benzene rings is 1. The van der Waals surface area contributed by atoms with Crippen LogP contribution in [0.3, 0.4) is 0 Å². The third kappa shape index (κ3) is 3.03. The van der Waals surface area contributed by atoms with Crippen LogP contribution in [0.15, 0.2) is 22.6 Å². The first-order chi connectivity index (χ1) is 11.4. The molecule has 0 spiro atoms. The van der Waals surface area contributed by atoms with Crippen LogP contribution in [0.25, 0.3) is 0 Å². The van der Waals surface area contributed by atoms with E-state index < -0.39 is 11.6 Å². The van der Waals surface area contributed by atoms with Crippen molar-refractivity contribution in [3.8, 4) is 0 Å². The van der Waals surface area contributed by atoms with Crippen LogP contribution < -0.4 is 5.32 Å². The second-order valence-electron chi connectivity index (χ2n) is 6.12. The SMILES string of the molecule is Cc1nc(C)c(C(=O)N[C@H]2CCN(C)[C@H]2c2ccc(F)c(F)c2)o1. The van der Waals surface area contributed by atoms with Crippen molar-refractivity contribution in [2.75, 3.05) is 13.6 Å². The number of likely N-dealkylation sites (N-methyl/N-ethyl adjacent to an activating group) is 1. The maximum Gasteiger partial charge on any atom is 0.289 e. The van der Waals surface area contributed by atoms with Gasteiger partial charge < -0.3 is 9.73 Å². The largest absolute Gasteiger partial charge is 0.436 e. The molecule has 1 aromatic carbocycles. The molecule has 1 aliphatic rings. The first kappa shape index (κ1) is 16.6. The van der Waals surface area contributed by atoms with Crippen molar-refractivity contribution in [1.29, 1.82) is 0 Å². The van der Waals surface area contributed by atoms with E-state index in [1.807, 2.05) is 11.9 Å². The predicted molar refractivity (Wildman–Crippen MR) is 83.6 cm³/mol. The third-order valence-electron chi connectivity index (χ3n) is 4.36. The number of hydrogen-bond acceptors (Lipinski definition) is 4. The smallest absolute Gasteiger partial charge is 0.289 e. The van der Waals surface area contributed by atoms with Crippen LogP contribution >= 0.6 is 0 Å². The van der Waals surface area contributed by atoms with Crippen LogP contribution in [0.2, 0.25) is 0 Å². The Hall–Kier alpha value is -2.28. The normalized spacial score (nSPS) is 21.2. The highest BCUT2D eigenvalue weighted by atomic mass is 19.2. The number of likely N-dealkylation sites (tertiary alicyclic amines) is 1. The molecule has 2 heterocycles. The summed E-state index contributed by atoms with van der Waals surface area (Å²) in [6.07, 6.45) is 0.706. The molecular weight excluding hydrogens is 316 g/mol. The molecule has 1 N–H and O–H groups in total. The average Bonchev–Trinajstić information content (AvgIpc) is 3.04. The molecule has 1 aromatic heterocycles. The van der Waals surface area contributed by atoms with E-state index in [4.69, 9.17) is 4.42 Å². The molecule has 24 heavy (non-hydrogen) atoms. The molecule has 5 nitrogen and oxygen atoms in total. The van der Waals surface area contributed by atoms with Crippen LogP contribution in [0.4, 0.5) is 8.78 Å². The number of aryl methyl sites for hydroxylation is 2. The highest BCUT2D eigenvalue weighted by Gasteiger charge is 2.35. The Balaban J connectivity index is 1.82. The molecule has 1 aliphatic heterocycles. The number of carbonyl (C=O) groups excluding carboxylic acids is 1. The molecule has 128 valence electrons. The Kier molecular flexibility index (Phi) is 4.36. The van der Waals surface area contributed by atoms with Crippen LogP contribution in [0.1, 0.15) is 40.2 Å². The van der Waals surface area contributed by atoms with E-state index in [-0.39, 0.29) is 23.8 Å². The quantitative estimate of drug-likeness (QED) is 0.937. The summed E-state index contributed by atoms with van der Waals surface area (Å²) in [6, 6.07) is 3.39. The van der Waals surface area contributed by atoms with Crippen LogP contribution in [-0.4, -0.2) is 35.4 Å². The highest BCUT2D eigenvalue weighted by Crippen LogP contribution is 2.32. The summed E-state index contributed by atoms with van der Waals surface area (Å²) >= 11 is 0. The molecule has 3 rings (SSSR count). The van der Waals surface area contributed by atoms with Crippen molar-refractivity contribution in [2.24, 2.45) is 0 Å². The van der Waals surface area contributed by atoms with Gasteiger partial charge in [-0.25, -0.2) is 13.8 Å². The fourth-order valence-corrected chi connectivity index (χ4v) is 3.26. The number of hydrogen-bond donors (Lipinski definition) is 1. The number of nitrogens with zero attached hydrogens (tertiary/aromatic N) is 2. The van der Waals surface area contributed by atoms with Crippen molar-refractivity contribution in [1.82, 2.24) is 15.2 Å². The van der Waals surface area contributed by atoms with E-state index in [1.165, 1.54) is 6.07 Å². The molecule has 0 saturated carbocycles. The fraction of sp³-hybridized carbons (Fsp3) is 0.412. The van der Waals surface area contributed by atoms with E-state index in [1.54, 1.807) is 19.9 Å². The summed E-state index contributed by atoms with van der Waals surface area (Å²) in [5.74, 6) is -1.50. The molecule has 2 atom stereocenters. The number of aromatic nitrogens is 1. The molecule has 0 bridgehead atoms. The zero-order valence-corrected chi connectivity index (χ0v) is 13.8. The van der Waals surface area contributed by atoms with Gasteiger partial charge in [0, 0.05) is 13.5 Å². The van der Waals surface area contributed by atoms with Gasteiger partial charge in [0.15, 0.2) is 17.5 Å². The zero-order valence-electron chi connectivity index (χ0n) is 13.8. The summed E-state index contributed by atoms with van der Waals surface area (Å²) in [4.78, 5) is 18.5. The highest BCUT2D eigenvalue weighted by molar-refractivity contribution is 5.92. The summed E-state index contributed by atoms with van der Waals surface area (Å²) in [6.45, 7) is 4.12. The standard InChI is InChI=1S/C17H19F2N3O2/c1-9-16(24-10(2)20-9)17(23)21-14-6-7-22(3)15(14)11-4-5-12(18)13(19)8-11/h4-5,8,14-15H,6-7H2,1-3H3,(H,21,23)/t14-,15-/m0/s1. The minimum atomic E-state index is -0.889. The number of rotatable bonds is 3. The van der Waals surface area contributed by atoms with E-state index in [9.17, 15) is 13.6 Å². The topological polar surface area (TPSA) is 58.4 Å². The summed E-state index contributed by atoms with van der Waals surface area (Å²) < 4.78 is 32.1. The maximum atomic E-state index is 13.6. The summed E-state index contributed by atoms with van der Waals surface area (Å²) in [5, 5.41) is 2.93. The minimum absolute atomic E-state index is 0.186. The predicted octanol–water partition coefficient (Wildman–Crippen LogP) is 2.74. The second-order valence-corrected chi connectivity index (χ2v) is 6.12. The van der Waals surface area contributed by atoms with Crippen molar-refractivity contribution in [3.63, 3.8) is 0 Å². The Morgan fingerprint density at radius 1 is 1.33 bits per heavy atom. The van der Waals surface area contributed by atoms with Crippen molar-refractivity contribution < 1.29 is 18.0 Å². The third-order valence-corrected chi connectivity index (χ3v) is 4.36. The lowest BCUT2D eigenvalue weighted by molar-refractivity contribution is 0.0897. The Morgan fingerprint density at radius 2 is 2.08 bits per heavy atom. The monoisotopic (exact) mass is 335 g/mol. The van der Waals surface area contributed by atoms with Gasteiger partial charge in [0.1, 0.15) is 0 Å². The van der Waals surface area contributed by atoms with Crippen molar-refractivity contribution in [3.05, 3.63) is 52.7 Å². The lowest BCUT2D eigenvalue weighted by Gasteiger charge is -2.26. The number of nitrogens with one attached hydrogen (secondary N) is 1. The van der Waals surface area contributed by atoms with E-state index in [0.29, 0.717) is 23.6 Å². The molecular formula is C17H19F2N3O2. The lowest BCUT2D eigenvalue weighted by Crippen LogP contribution is -2.39. The van der Waals surface area contributed by atoms with Gasteiger partial charge in [-0.3, -0.25) is 9.69 Å². The van der Waals surface area contributed by atoms with Gasteiger partial charge in [0.25, 0.3) is 5.91 Å². The minimum Gasteiger partial charge on any atom is -0.436 e. The van der Waals surface area contributed by atoms with Gasteiger partial charge in [-0.2, -0.15) is 0 Å². The number of amides is 1. The van der Waals surface area contributed by atoms with Crippen LogP contribution in [0.5, 0.6) is 0 Å². The molecule has 0 aliphatic carbocycles. The van der Waals surface area contributed by atoms with E-state index >= 15 is 0 Å². The van der Waals surface area contributed by atoms with Crippen LogP contribution in [0, 0.1) is 25.5 Å². The molecule has 1 fully saturated rings. The first-order valence-corrected chi connectivity index (χ1v) is 7.77. The van der Waals surface area contributed by atoms with Crippen molar-refractivity contribution >= 4 is 5.91 Å². The molecule has 1 saturated heterocycles. The second kappa shape index (κ2) is 6.32.